The van der Waals surface area contributed by atoms with Crippen LogP contribution in [0, 0.1) is 11.3 Å². The molecule has 0 aromatic rings. The van der Waals surface area contributed by atoms with Gasteiger partial charge in [-0.2, -0.15) is 0 Å². The van der Waals surface area contributed by atoms with Crippen molar-refractivity contribution in [2.75, 3.05) is 13.2 Å². The van der Waals surface area contributed by atoms with Crippen LogP contribution < -0.4 is 0 Å². The van der Waals surface area contributed by atoms with Crippen molar-refractivity contribution >= 4 is 0 Å². The predicted molar refractivity (Wildman–Crippen MR) is 42.9 cm³/mol. The van der Waals surface area contributed by atoms with Gasteiger partial charge in [0.15, 0.2) is 0 Å². The predicted octanol–water partition coefficient (Wildman–Crippen LogP) is 2.24. The summed E-state index contributed by atoms with van der Waals surface area (Å²) in [6.45, 7) is 8.43. The molecule has 1 rings (SSSR count). The Balaban J connectivity index is 2.55. The quantitative estimate of drug-likeness (QED) is 0.469. The molecule has 10 heavy (non-hydrogen) atoms. The Labute approximate surface area is 63.1 Å². The summed E-state index contributed by atoms with van der Waals surface area (Å²) in [5, 5.41) is 0. The fourth-order valence-corrected chi connectivity index (χ4v) is 1.08. The van der Waals surface area contributed by atoms with Crippen molar-refractivity contribution in [1.82, 2.24) is 0 Å². The third kappa shape index (κ3) is 1.84. The van der Waals surface area contributed by atoms with Crippen LogP contribution in [0.15, 0.2) is 12.2 Å². The van der Waals surface area contributed by atoms with E-state index in [1.54, 1.807) is 0 Å². The minimum Gasteiger partial charge on any atom is -0.377 e. The zero-order valence-corrected chi connectivity index (χ0v) is 7.05. The molecule has 1 unspecified atom stereocenters. The van der Waals surface area contributed by atoms with Crippen LogP contribution in [-0.4, -0.2) is 13.2 Å². The van der Waals surface area contributed by atoms with E-state index < -0.39 is 0 Å². The van der Waals surface area contributed by atoms with Crippen molar-refractivity contribution in [1.29, 1.82) is 0 Å². The largest absolute Gasteiger partial charge is 0.377 e. The molecule has 0 aliphatic carbocycles. The maximum absolute atomic E-state index is 5.32. The first-order valence-electron chi connectivity index (χ1n) is 3.85. The molecule has 0 fully saturated rings. The minimum absolute atomic E-state index is 0.358. The maximum Gasteiger partial charge on any atom is 0.0647 e. The van der Waals surface area contributed by atoms with Gasteiger partial charge in [-0.15, -0.1) is 0 Å². The number of hydrogen-bond donors (Lipinski definition) is 0. The van der Waals surface area contributed by atoms with E-state index in [0.29, 0.717) is 11.3 Å². The van der Waals surface area contributed by atoms with E-state index in [4.69, 9.17) is 4.74 Å². The van der Waals surface area contributed by atoms with Crippen molar-refractivity contribution in [2.24, 2.45) is 11.3 Å². The highest BCUT2D eigenvalue weighted by Crippen LogP contribution is 2.28. The first-order chi connectivity index (χ1) is 4.61. The van der Waals surface area contributed by atoms with Crippen LogP contribution in [0.4, 0.5) is 0 Å². The van der Waals surface area contributed by atoms with Gasteiger partial charge in [0.2, 0.25) is 0 Å². The van der Waals surface area contributed by atoms with Gasteiger partial charge in [0.05, 0.1) is 13.2 Å². The zero-order chi connectivity index (χ0) is 7.61. The highest BCUT2D eigenvalue weighted by atomic mass is 16.5. The molecule has 1 nitrogen and oxygen atoms in total. The molecule has 58 valence electrons. The van der Waals surface area contributed by atoms with Crippen molar-refractivity contribution in [3.63, 3.8) is 0 Å². The topological polar surface area (TPSA) is 9.23 Å². The van der Waals surface area contributed by atoms with E-state index >= 15 is 0 Å². The normalized spacial score (nSPS) is 26.9. The number of ether oxygens (including phenoxy) is 1. The van der Waals surface area contributed by atoms with Crippen molar-refractivity contribution in [3.8, 4) is 0 Å². The van der Waals surface area contributed by atoms with Crippen LogP contribution in [0.3, 0.4) is 0 Å². The average molecular weight is 140 g/mol. The van der Waals surface area contributed by atoms with Crippen LogP contribution in [0.5, 0.6) is 0 Å². The Bertz CT molecular complexity index is 130. The molecule has 0 amide bonds. The second kappa shape index (κ2) is 2.75. The summed E-state index contributed by atoms with van der Waals surface area (Å²) in [6.07, 6.45) is 4.38. The van der Waals surface area contributed by atoms with Gasteiger partial charge in [-0.1, -0.05) is 32.9 Å². The average Bonchev–Trinajstić information content (AvgIpc) is 1.88. The first kappa shape index (κ1) is 7.80. The van der Waals surface area contributed by atoms with Crippen LogP contribution in [0.2, 0.25) is 0 Å². The molecule has 0 radical (unpaired) electrons. The molecule has 1 atom stereocenters. The van der Waals surface area contributed by atoms with Crippen molar-refractivity contribution in [3.05, 3.63) is 12.2 Å². The molecular weight excluding hydrogens is 124 g/mol. The molecule has 0 aromatic heterocycles. The fraction of sp³-hybridized carbons (Fsp3) is 0.778. The monoisotopic (exact) mass is 140 g/mol. The Kier molecular flexibility index (Phi) is 2.14. The lowest BCUT2D eigenvalue weighted by molar-refractivity contribution is 0.0819. The third-order valence-electron chi connectivity index (χ3n) is 1.99. The smallest absolute Gasteiger partial charge is 0.0647 e. The van der Waals surface area contributed by atoms with E-state index in [0.717, 1.165) is 13.2 Å². The second-order valence-corrected chi connectivity index (χ2v) is 3.94. The van der Waals surface area contributed by atoms with E-state index in [2.05, 4.69) is 32.9 Å². The summed E-state index contributed by atoms with van der Waals surface area (Å²) in [5.74, 6) is 0.598. The summed E-state index contributed by atoms with van der Waals surface area (Å²) >= 11 is 0. The highest BCUT2D eigenvalue weighted by Gasteiger charge is 2.23. The SMILES string of the molecule is CC(C)(C)C1C=CCOC1. The number of rotatable bonds is 0. The summed E-state index contributed by atoms with van der Waals surface area (Å²) in [5.41, 5.74) is 0.358. The second-order valence-electron chi connectivity index (χ2n) is 3.94. The lowest BCUT2D eigenvalue weighted by atomic mass is 9.80. The van der Waals surface area contributed by atoms with E-state index in [1.165, 1.54) is 0 Å². The van der Waals surface area contributed by atoms with Gasteiger partial charge in [-0.05, 0) is 5.41 Å². The molecule has 1 heterocycles. The maximum atomic E-state index is 5.32. The fourth-order valence-electron chi connectivity index (χ4n) is 1.08. The van der Waals surface area contributed by atoms with Crippen molar-refractivity contribution in [2.45, 2.75) is 20.8 Å². The summed E-state index contributed by atoms with van der Waals surface area (Å²) in [4.78, 5) is 0. The molecule has 0 N–H and O–H groups in total. The van der Waals surface area contributed by atoms with Gasteiger partial charge >= 0.3 is 0 Å². The van der Waals surface area contributed by atoms with E-state index in [9.17, 15) is 0 Å². The van der Waals surface area contributed by atoms with Gasteiger partial charge in [0, 0.05) is 5.92 Å². The molecule has 0 bridgehead atoms. The van der Waals surface area contributed by atoms with E-state index in [-0.39, 0.29) is 0 Å². The lowest BCUT2D eigenvalue weighted by Gasteiger charge is -2.29. The van der Waals surface area contributed by atoms with E-state index in [1.807, 2.05) is 0 Å². The minimum atomic E-state index is 0.358. The molecule has 1 aliphatic rings. The molecule has 0 aromatic carbocycles. The van der Waals surface area contributed by atoms with Gasteiger partial charge in [0.25, 0.3) is 0 Å². The van der Waals surface area contributed by atoms with Gasteiger partial charge in [-0.25, -0.2) is 0 Å². The molecule has 0 saturated carbocycles. The lowest BCUT2D eigenvalue weighted by Crippen LogP contribution is -2.25. The molecular formula is C9H16O. The van der Waals surface area contributed by atoms with Crippen LogP contribution in [-0.2, 0) is 4.74 Å². The number of hydrogen-bond acceptors (Lipinski definition) is 1. The highest BCUT2D eigenvalue weighted by molar-refractivity contribution is 4.96. The standard InChI is InChI=1S/C9H16O/c1-9(2,3)8-5-4-6-10-7-8/h4-5,8H,6-7H2,1-3H3. The Morgan fingerprint density at radius 2 is 2.10 bits per heavy atom. The Morgan fingerprint density at radius 1 is 1.40 bits per heavy atom. The Morgan fingerprint density at radius 3 is 2.40 bits per heavy atom. The molecule has 1 heteroatoms. The van der Waals surface area contributed by atoms with Crippen LogP contribution in [0.1, 0.15) is 20.8 Å². The molecule has 0 saturated heterocycles. The zero-order valence-electron chi connectivity index (χ0n) is 7.05. The van der Waals surface area contributed by atoms with Crippen LogP contribution >= 0.6 is 0 Å². The first-order valence-corrected chi connectivity index (χ1v) is 3.85. The van der Waals surface area contributed by atoms with Gasteiger partial charge < -0.3 is 4.74 Å². The summed E-state index contributed by atoms with van der Waals surface area (Å²) in [7, 11) is 0. The van der Waals surface area contributed by atoms with Gasteiger partial charge in [-0.3, -0.25) is 0 Å². The molecule has 0 spiro atoms. The van der Waals surface area contributed by atoms with Crippen LogP contribution in [0.25, 0.3) is 0 Å². The molecule has 1 aliphatic heterocycles. The van der Waals surface area contributed by atoms with Gasteiger partial charge in [0.1, 0.15) is 0 Å². The van der Waals surface area contributed by atoms with Crippen molar-refractivity contribution < 1.29 is 4.74 Å². The summed E-state index contributed by atoms with van der Waals surface area (Å²) in [6, 6.07) is 0. The third-order valence-corrected chi connectivity index (χ3v) is 1.99. The Hall–Kier alpha value is -0.300. The summed E-state index contributed by atoms with van der Waals surface area (Å²) < 4.78 is 5.32.